The summed E-state index contributed by atoms with van der Waals surface area (Å²) in [4.78, 5) is 27.9. The van der Waals surface area contributed by atoms with E-state index < -0.39 is 17.6 Å². The highest BCUT2D eigenvalue weighted by Crippen LogP contribution is 2.34. The topological polar surface area (TPSA) is 49.4 Å². The molecule has 0 spiro atoms. The lowest BCUT2D eigenvalue weighted by Gasteiger charge is -2.16. The molecule has 4 nitrogen and oxygen atoms in total. The minimum atomic E-state index is -0.463. The van der Waals surface area contributed by atoms with Gasteiger partial charge in [-0.05, 0) is 54.3 Å². The number of hydrogen-bond acceptors (Lipinski definition) is 3. The number of carbonyl (C=O) groups excluding carboxylic acids is 2. The molecule has 3 aromatic carbocycles. The molecule has 1 N–H and O–H groups in total. The highest BCUT2D eigenvalue weighted by molar-refractivity contribution is 6.46. The van der Waals surface area contributed by atoms with Gasteiger partial charge in [-0.2, -0.15) is 0 Å². The molecule has 31 heavy (non-hydrogen) atoms. The molecular weight excluding hydrogens is 391 g/mol. The van der Waals surface area contributed by atoms with Gasteiger partial charge in [0.15, 0.2) is 0 Å². The quantitative estimate of drug-likeness (QED) is 0.515. The zero-order chi connectivity index (χ0) is 21.8. The van der Waals surface area contributed by atoms with Crippen molar-refractivity contribution in [2.75, 3.05) is 10.2 Å². The summed E-state index contributed by atoms with van der Waals surface area (Å²) in [5.41, 5.74) is 3.11. The van der Waals surface area contributed by atoms with Crippen LogP contribution in [0.3, 0.4) is 0 Å². The summed E-state index contributed by atoms with van der Waals surface area (Å²) in [7, 11) is 0. The summed E-state index contributed by atoms with van der Waals surface area (Å²) >= 11 is 0. The number of amides is 2. The SMILES string of the molecule is CCCCc1ccc(N2C(=O)C(Nc3cccc(F)c3)=C(c3ccccc3)C2=O)cc1. The molecule has 1 heterocycles. The minimum absolute atomic E-state index is 0.136. The summed E-state index contributed by atoms with van der Waals surface area (Å²) < 4.78 is 13.7. The van der Waals surface area contributed by atoms with Gasteiger partial charge in [0.25, 0.3) is 11.8 Å². The molecule has 0 radical (unpaired) electrons. The lowest BCUT2D eigenvalue weighted by atomic mass is 10.0. The standard InChI is InChI=1S/C26H23FN2O2/c1-2-3-8-18-13-15-22(16-14-18)29-25(30)23(19-9-5-4-6-10-19)24(26(29)31)28-21-12-7-11-20(27)17-21/h4-7,9-17,28H,2-3,8H2,1H3. The van der Waals surface area contributed by atoms with Crippen LogP contribution in [-0.4, -0.2) is 11.8 Å². The number of halogens is 1. The van der Waals surface area contributed by atoms with Crippen LogP contribution in [0.1, 0.15) is 30.9 Å². The molecule has 1 aliphatic rings. The van der Waals surface area contributed by atoms with Crippen LogP contribution in [0.2, 0.25) is 0 Å². The van der Waals surface area contributed by atoms with Gasteiger partial charge in [-0.25, -0.2) is 9.29 Å². The van der Waals surface area contributed by atoms with E-state index in [0.717, 1.165) is 19.3 Å². The fourth-order valence-electron chi connectivity index (χ4n) is 3.66. The van der Waals surface area contributed by atoms with Gasteiger partial charge in [0.2, 0.25) is 0 Å². The van der Waals surface area contributed by atoms with Crippen molar-refractivity contribution in [3.63, 3.8) is 0 Å². The van der Waals surface area contributed by atoms with Crippen LogP contribution in [0.5, 0.6) is 0 Å². The Bertz CT molecular complexity index is 1140. The van der Waals surface area contributed by atoms with E-state index in [0.29, 0.717) is 16.9 Å². The molecule has 0 bridgehead atoms. The second-order valence-corrected chi connectivity index (χ2v) is 7.47. The number of carbonyl (C=O) groups is 2. The second-order valence-electron chi connectivity index (χ2n) is 7.47. The molecule has 156 valence electrons. The zero-order valence-corrected chi connectivity index (χ0v) is 17.3. The third kappa shape index (κ3) is 4.26. The van der Waals surface area contributed by atoms with Crippen molar-refractivity contribution < 1.29 is 14.0 Å². The zero-order valence-electron chi connectivity index (χ0n) is 17.3. The van der Waals surface area contributed by atoms with Gasteiger partial charge in [-0.3, -0.25) is 9.59 Å². The predicted octanol–water partition coefficient (Wildman–Crippen LogP) is 5.56. The van der Waals surface area contributed by atoms with E-state index in [1.807, 2.05) is 30.3 Å². The maximum absolute atomic E-state index is 13.7. The van der Waals surface area contributed by atoms with Crippen molar-refractivity contribution in [2.24, 2.45) is 0 Å². The lowest BCUT2D eigenvalue weighted by molar-refractivity contribution is -0.120. The van der Waals surface area contributed by atoms with Crippen LogP contribution in [-0.2, 0) is 16.0 Å². The molecule has 0 saturated carbocycles. The van der Waals surface area contributed by atoms with E-state index in [9.17, 15) is 14.0 Å². The Labute approximate surface area is 181 Å². The van der Waals surface area contributed by atoms with Gasteiger partial charge in [0.1, 0.15) is 11.5 Å². The summed E-state index contributed by atoms with van der Waals surface area (Å²) in [6.45, 7) is 2.14. The summed E-state index contributed by atoms with van der Waals surface area (Å²) in [6, 6.07) is 22.4. The Balaban J connectivity index is 1.72. The smallest absolute Gasteiger partial charge is 0.282 e. The maximum atomic E-state index is 13.7. The number of rotatable bonds is 7. The molecule has 2 amide bonds. The van der Waals surface area contributed by atoms with E-state index in [4.69, 9.17) is 0 Å². The van der Waals surface area contributed by atoms with Crippen molar-refractivity contribution in [3.8, 4) is 0 Å². The molecule has 0 atom stereocenters. The van der Waals surface area contributed by atoms with Gasteiger partial charge in [-0.1, -0.05) is 61.9 Å². The van der Waals surface area contributed by atoms with Gasteiger partial charge < -0.3 is 5.32 Å². The van der Waals surface area contributed by atoms with Crippen LogP contribution in [0.4, 0.5) is 15.8 Å². The molecule has 0 aromatic heterocycles. The third-order valence-corrected chi connectivity index (χ3v) is 5.25. The Morgan fingerprint density at radius 2 is 1.61 bits per heavy atom. The Morgan fingerprint density at radius 1 is 0.871 bits per heavy atom. The fourth-order valence-corrected chi connectivity index (χ4v) is 3.66. The molecule has 4 rings (SSSR count). The first kappa shape index (κ1) is 20.5. The van der Waals surface area contributed by atoms with Crippen LogP contribution in [0, 0.1) is 5.82 Å². The van der Waals surface area contributed by atoms with Crippen molar-refractivity contribution in [1.29, 1.82) is 0 Å². The first-order valence-electron chi connectivity index (χ1n) is 10.4. The van der Waals surface area contributed by atoms with Crippen molar-refractivity contribution in [1.82, 2.24) is 0 Å². The second kappa shape index (κ2) is 8.96. The first-order valence-corrected chi connectivity index (χ1v) is 10.4. The minimum Gasteiger partial charge on any atom is -0.350 e. The van der Waals surface area contributed by atoms with Crippen molar-refractivity contribution in [2.45, 2.75) is 26.2 Å². The number of nitrogens with one attached hydrogen (secondary N) is 1. The average Bonchev–Trinajstić information content (AvgIpc) is 3.02. The lowest BCUT2D eigenvalue weighted by Crippen LogP contribution is -2.32. The summed E-state index contributed by atoms with van der Waals surface area (Å²) in [5, 5.41) is 2.98. The monoisotopic (exact) mass is 414 g/mol. The summed E-state index contributed by atoms with van der Waals surface area (Å²) in [6.07, 6.45) is 3.14. The maximum Gasteiger partial charge on any atom is 0.282 e. The Hall–Kier alpha value is -3.73. The van der Waals surface area contributed by atoms with E-state index in [1.165, 1.54) is 22.6 Å². The Kier molecular flexibility index (Phi) is 5.94. The van der Waals surface area contributed by atoms with Gasteiger partial charge >= 0.3 is 0 Å². The fraction of sp³-hybridized carbons (Fsp3) is 0.154. The number of unbranched alkanes of at least 4 members (excludes halogenated alkanes) is 1. The van der Waals surface area contributed by atoms with Gasteiger partial charge in [0.05, 0.1) is 11.3 Å². The number of hydrogen-bond donors (Lipinski definition) is 1. The average molecular weight is 414 g/mol. The Morgan fingerprint density at radius 3 is 2.29 bits per heavy atom. The molecule has 3 aromatic rings. The van der Waals surface area contributed by atoms with Crippen molar-refractivity contribution >= 4 is 28.8 Å². The van der Waals surface area contributed by atoms with E-state index in [-0.39, 0.29) is 11.3 Å². The highest BCUT2D eigenvalue weighted by atomic mass is 19.1. The molecule has 0 unspecified atom stereocenters. The molecular formula is C26H23FN2O2. The van der Waals surface area contributed by atoms with Gasteiger partial charge in [-0.15, -0.1) is 0 Å². The predicted molar refractivity (Wildman–Crippen MR) is 121 cm³/mol. The number of nitrogens with zero attached hydrogens (tertiary/aromatic N) is 1. The van der Waals surface area contributed by atoms with Crippen LogP contribution < -0.4 is 10.2 Å². The molecule has 0 saturated heterocycles. The first-order chi connectivity index (χ1) is 15.1. The van der Waals surface area contributed by atoms with E-state index in [1.54, 1.807) is 36.4 Å². The number of benzene rings is 3. The molecule has 0 aliphatic carbocycles. The number of aryl methyl sites for hydroxylation is 1. The van der Waals surface area contributed by atoms with E-state index >= 15 is 0 Å². The number of imide groups is 1. The molecule has 5 heteroatoms. The number of anilines is 2. The molecule has 0 fully saturated rings. The van der Waals surface area contributed by atoms with Crippen LogP contribution >= 0.6 is 0 Å². The highest BCUT2D eigenvalue weighted by Gasteiger charge is 2.40. The van der Waals surface area contributed by atoms with Gasteiger partial charge in [0, 0.05) is 5.69 Å². The van der Waals surface area contributed by atoms with Crippen LogP contribution in [0.15, 0.2) is 84.6 Å². The van der Waals surface area contributed by atoms with Crippen molar-refractivity contribution in [3.05, 3.63) is 102 Å². The molecule has 1 aliphatic heterocycles. The largest absolute Gasteiger partial charge is 0.350 e. The normalized spacial score (nSPS) is 13.8. The third-order valence-electron chi connectivity index (χ3n) is 5.25. The van der Waals surface area contributed by atoms with E-state index in [2.05, 4.69) is 12.2 Å². The van der Waals surface area contributed by atoms with Crippen LogP contribution in [0.25, 0.3) is 5.57 Å². The summed E-state index contributed by atoms with van der Waals surface area (Å²) in [5.74, 6) is -1.30.